The van der Waals surface area contributed by atoms with Crippen LogP contribution in [0.5, 0.6) is 0 Å². The lowest BCUT2D eigenvalue weighted by atomic mass is 10.1. The fourth-order valence-electron chi connectivity index (χ4n) is 3.19. The summed E-state index contributed by atoms with van der Waals surface area (Å²) in [6.45, 7) is 2.26. The molecule has 1 aliphatic heterocycles. The van der Waals surface area contributed by atoms with Crippen molar-refractivity contribution in [3.8, 4) is 0 Å². The Bertz CT molecular complexity index is 886. The number of hydrogen-bond acceptors (Lipinski definition) is 4. The van der Waals surface area contributed by atoms with E-state index >= 15 is 0 Å². The Morgan fingerprint density at radius 3 is 2.33 bits per heavy atom. The first-order chi connectivity index (χ1) is 12.8. The van der Waals surface area contributed by atoms with Crippen LogP contribution >= 0.6 is 0 Å². The van der Waals surface area contributed by atoms with Gasteiger partial charge in [-0.25, -0.2) is 13.2 Å². The summed E-state index contributed by atoms with van der Waals surface area (Å²) in [4.78, 5) is 25.6. The average molecular weight is 379 g/mol. The van der Waals surface area contributed by atoms with Crippen molar-refractivity contribution in [2.24, 2.45) is 0 Å². The molecule has 1 aliphatic rings. The lowest BCUT2D eigenvalue weighted by Crippen LogP contribution is -2.54. The number of non-ortho nitro benzene ring substituents is 1. The molecule has 1 fully saturated rings. The molecule has 142 valence electrons. The monoisotopic (exact) mass is 379 g/mol. The van der Waals surface area contributed by atoms with Crippen molar-refractivity contribution in [2.75, 3.05) is 24.5 Å². The summed E-state index contributed by atoms with van der Waals surface area (Å²) < 4.78 is 42.0. The largest absolute Gasteiger partial charge is 0.365 e. The van der Waals surface area contributed by atoms with Crippen LogP contribution in [-0.2, 0) is 0 Å². The van der Waals surface area contributed by atoms with Gasteiger partial charge in [-0.3, -0.25) is 14.9 Å². The van der Waals surface area contributed by atoms with Crippen LogP contribution in [0.25, 0.3) is 0 Å². The number of benzene rings is 2. The van der Waals surface area contributed by atoms with Crippen molar-refractivity contribution < 1.29 is 22.9 Å². The van der Waals surface area contributed by atoms with E-state index in [1.165, 1.54) is 23.1 Å². The van der Waals surface area contributed by atoms with Gasteiger partial charge in [-0.1, -0.05) is 6.07 Å². The smallest absolute Gasteiger partial charge is 0.272 e. The molecule has 1 unspecified atom stereocenters. The summed E-state index contributed by atoms with van der Waals surface area (Å²) in [5.74, 6) is -3.37. The van der Waals surface area contributed by atoms with E-state index in [2.05, 4.69) is 0 Å². The fourth-order valence-corrected chi connectivity index (χ4v) is 3.19. The third-order valence-electron chi connectivity index (χ3n) is 4.55. The Kier molecular flexibility index (Phi) is 5.02. The van der Waals surface area contributed by atoms with Crippen LogP contribution in [0.15, 0.2) is 36.4 Å². The number of nitro groups is 1. The Labute approximate surface area is 153 Å². The van der Waals surface area contributed by atoms with E-state index in [9.17, 15) is 28.1 Å². The number of piperazine rings is 1. The number of nitrogens with zero attached hydrogens (tertiary/aromatic N) is 3. The molecule has 0 saturated carbocycles. The Balaban J connectivity index is 1.78. The molecule has 0 N–H and O–H groups in total. The number of rotatable bonds is 3. The van der Waals surface area contributed by atoms with Crippen molar-refractivity contribution in [1.29, 1.82) is 0 Å². The van der Waals surface area contributed by atoms with Gasteiger partial charge in [0.05, 0.1) is 16.7 Å². The first-order valence-electron chi connectivity index (χ1n) is 8.23. The van der Waals surface area contributed by atoms with Crippen LogP contribution in [-0.4, -0.2) is 41.4 Å². The van der Waals surface area contributed by atoms with Gasteiger partial charge in [-0.15, -0.1) is 0 Å². The summed E-state index contributed by atoms with van der Waals surface area (Å²) in [6, 6.07) is 6.13. The van der Waals surface area contributed by atoms with E-state index in [1.807, 2.05) is 0 Å². The Morgan fingerprint density at radius 1 is 1.11 bits per heavy atom. The normalized spacial score (nSPS) is 17.1. The molecule has 1 atom stereocenters. The topological polar surface area (TPSA) is 66.7 Å². The zero-order valence-electron chi connectivity index (χ0n) is 14.4. The van der Waals surface area contributed by atoms with E-state index in [4.69, 9.17) is 0 Å². The van der Waals surface area contributed by atoms with E-state index in [-0.39, 0.29) is 31.0 Å². The molecule has 9 heteroatoms. The van der Waals surface area contributed by atoms with Gasteiger partial charge in [0, 0.05) is 31.7 Å². The fraction of sp³-hybridized carbons (Fsp3) is 0.278. The lowest BCUT2D eigenvalue weighted by Gasteiger charge is -2.41. The van der Waals surface area contributed by atoms with Crippen molar-refractivity contribution in [3.63, 3.8) is 0 Å². The molecule has 27 heavy (non-hydrogen) atoms. The van der Waals surface area contributed by atoms with E-state index < -0.39 is 39.9 Å². The maximum Gasteiger partial charge on any atom is 0.272 e. The van der Waals surface area contributed by atoms with Gasteiger partial charge < -0.3 is 9.80 Å². The highest BCUT2D eigenvalue weighted by atomic mass is 19.1. The maximum absolute atomic E-state index is 14.2. The van der Waals surface area contributed by atoms with Crippen molar-refractivity contribution in [3.05, 3.63) is 69.5 Å². The standard InChI is InChI=1S/C18H16F3N3O3/c1-11-10-22(16-6-5-12(24(26)27)9-15(16)21)7-8-23(11)18(25)17-13(19)3-2-4-14(17)20/h2-6,9,11H,7-8,10H2,1H3. The molecule has 0 aliphatic carbocycles. The molecular weight excluding hydrogens is 363 g/mol. The predicted molar refractivity (Wildman–Crippen MR) is 92.1 cm³/mol. The number of carbonyl (C=O) groups is 1. The van der Waals surface area contributed by atoms with Crippen LogP contribution in [0.3, 0.4) is 0 Å². The molecule has 0 radical (unpaired) electrons. The molecule has 1 amide bonds. The van der Waals surface area contributed by atoms with Crippen molar-refractivity contribution >= 4 is 17.3 Å². The van der Waals surface area contributed by atoms with Crippen LogP contribution in [0.4, 0.5) is 24.5 Å². The van der Waals surface area contributed by atoms with E-state index in [0.717, 1.165) is 18.2 Å². The molecule has 6 nitrogen and oxygen atoms in total. The quantitative estimate of drug-likeness (QED) is 0.606. The number of hydrogen-bond donors (Lipinski definition) is 0. The Morgan fingerprint density at radius 2 is 1.78 bits per heavy atom. The zero-order chi connectivity index (χ0) is 19.7. The highest BCUT2D eigenvalue weighted by molar-refractivity contribution is 5.95. The minimum Gasteiger partial charge on any atom is -0.365 e. The van der Waals surface area contributed by atoms with Crippen LogP contribution in [0.1, 0.15) is 17.3 Å². The second kappa shape index (κ2) is 7.26. The number of nitro benzene ring substituents is 1. The van der Waals surface area contributed by atoms with Gasteiger partial charge in [-0.2, -0.15) is 0 Å². The molecule has 3 rings (SSSR count). The summed E-state index contributed by atoms with van der Waals surface area (Å²) in [7, 11) is 0. The van der Waals surface area contributed by atoms with E-state index in [1.54, 1.807) is 11.8 Å². The summed E-state index contributed by atoms with van der Waals surface area (Å²) in [5.41, 5.74) is -0.788. The summed E-state index contributed by atoms with van der Waals surface area (Å²) >= 11 is 0. The van der Waals surface area contributed by atoms with Crippen LogP contribution < -0.4 is 4.90 Å². The molecular formula is C18H16F3N3O3. The molecule has 1 saturated heterocycles. The van der Waals surface area contributed by atoms with Gasteiger partial charge in [0.1, 0.15) is 17.2 Å². The van der Waals surface area contributed by atoms with Gasteiger partial charge >= 0.3 is 0 Å². The zero-order valence-corrected chi connectivity index (χ0v) is 14.4. The first-order valence-corrected chi connectivity index (χ1v) is 8.23. The summed E-state index contributed by atoms with van der Waals surface area (Å²) in [6.07, 6.45) is 0. The first kappa shape index (κ1) is 18.7. The minimum absolute atomic E-state index is 0.129. The summed E-state index contributed by atoms with van der Waals surface area (Å²) in [5, 5.41) is 10.7. The molecule has 0 aromatic heterocycles. The second-order valence-corrected chi connectivity index (χ2v) is 6.28. The second-order valence-electron chi connectivity index (χ2n) is 6.28. The van der Waals surface area contributed by atoms with Gasteiger partial charge in [-0.05, 0) is 25.1 Å². The number of anilines is 1. The SMILES string of the molecule is CC1CN(c2ccc([N+](=O)[O-])cc2F)CCN1C(=O)c1c(F)cccc1F. The number of carbonyl (C=O) groups excluding carboxylic acids is 1. The lowest BCUT2D eigenvalue weighted by molar-refractivity contribution is -0.385. The highest BCUT2D eigenvalue weighted by Crippen LogP contribution is 2.27. The molecule has 2 aromatic rings. The van der Waals surface area contributed by atoms with Gasteiger partial charge in [0.15, 0.2) is 5.82 Å². The molecule has 2 aromatic carbocycles. The predicted octanol–water partition coefficient (Wildman–Crippen LogP) is 3.36. The maximum atomic E-state index is 14.2. The van der Waals surface area contributed by atoms with E-state index in [0.29, 0.717) is 0 Å². The number of amides is 1. The van der Waals surface area contributed by atoms with Crippen LogP contribution in [0.2, 0.25) is 0 Å². The van der Waals surface area contributed by atoms with Crippen molar-refractivity contribution in [2.45, 2.75) is 13.0 Å². The average Bonchev–Trinajstić information content (AvgIpc) is 2.61. The Hall–Kier alpha value is -3.10. The third-order valence-corrected chi connectivity index (χ3v) is 4.55. The van der Waals surface area contributed by atoms with Crippen LogP contribution in [0, 0.1) is 27.6 Å². The minimum atomic E-state index is -0.934. The highest BCUT2D eigenvalue weighted by Gasteiger charge is 2.32. The van der Waals surface area contributed by atoms with Crippen molar-refractivity contribution in [1.82, 2.24) is 4.90 Å². The number of halogens is 3. The molecule has 1 heterocycles. The third kappa shape index (κ3) is 3.57. The molecule has 0 spiro atoms. The molecule has 0 bridgehead atoms. The van der Waals surface area contributed by atoms with Gasteiger partial charge in [0.25, 0.3) is 11.6 Å². The van der Waals surface area contributed by atoms with Gasteiger partial charge in [0.2, 0.25) is 0 Å².